The third kappa shape index (κ3) is 5.21. The Hall–Kier alpha value is -2.57. The Labute approximate surface area is 149 Å². The van der Waals surface area contributed by atoms with Gasteiger partial charge in [0.25, 0.3) is 5.91 Å². The second-order valence-corrected chi connectivity index (χ2v) is 6.45. The molecule has 0 aliphatic carbocycles. The molecule has 7 heteroatoms. The van der Waals surface area contributed by atoms with E-state index >= 15 is 0 Å². The normalized spacial score (nSPS) is 11.9. The fourth-order valence-corrected chi connectivity index (χ4v) is 2.39. The predicted octanol–water partition coefficient (Wildman–Crippen LogP) is 4.32. The SMILES string of the molecule is CC(C)(CNC(=O)COc1cccc(C(F)(F)F)c1)c1ccccc1F. The number of benzene rings is 2. The third-order valence-electron chi connectivity index (χ3n) is 3.86. The van der Waals surface area contributed by atoms with Crippen molar-refractivity contribution in [3.05, 3.63) is 65.5 Å². The Kier molecular flexibility index (Phi) is 5.90. The highest BCUT2D eigenvalue weighted by Gasteiger charge is 2.30. The zero-order valence-electron chi connectivity index (χ0n) is 14.4. The Balaban J connectivity index is 1.91. The van der Waals surface area contributed by atoms with Crippen molar-refractivity contribution < 1.29 is 27.1 Å². The maximum atomic E-state index is 13.9. The molecule has 2 aromatic carbocycles. The zero-order chi connectivity index (χ0) is 19.4. The van der Waals surface area contributed by atoms with Crippen LogP contribution in [0.5, 0.6) is 5.75 Å². The van der Waals surface area contributed by atoms with E-state index in [0.717, 1.165) is 12.1 Å². The Morgan fingerprint density at radius 3 is 2.42 bits per heavy atom. The molecule has 0 aliphatic heterocycles. The summed E-state index contributed by atoms with van der Waals surface area (Å²) in [5, 5.41) is 2.61. The van der Waals surface area contributed by atoms with Gasteiger partial charge in [0.15, 0.2) is 6.61 Å². The molecule has 0 saturated heterocycles. The molecule has 140 valence electrons. The smallest absolute Gasteiger partial charge is 0.416 e. The highest BCUT2D eigenvalue weighted by molar-refractivity contribution is 5.77. The molecule has 1 amide bonds. The van der Waals surface area contributed by atoms with Crippen LogP contribution >= 0.6 is 0 Å². The minimum Gasteiger partial charge on any atom is -0.484 e. The van der Waals surface area contributed by atoms with Crippen LogP contribution in [0.2, 0.25) is 0 Å². The molecular weight excluding hydrogens is 350 g/mol. The van der Waals surface area contributed by atoms with Gasteiger partial charge < -0.3 is 10.1 Å². The van der Waals surface area contributed by atoms with Gasteiger partial charge in [0.05, 0.1) is 5.56 Å². The van der Waals surface area contributed by atoms with E-state index in [1.54, 1.807) is 32.0 Å². The summed E-state index contributed by atoms with van der Waals surface area (Å²) in [6.45, 7) is 3.27. The van der Waals surface area contributed by atoms with Crippen LogP contribution in [0.4, 0.5) is 17.6 Å². The summed E-state index contributed by atoms with van der Waals surface area (Å²) >= 11 is 0. The molecule has 2 aromatic rings. The summed E-state index contributed by atoms with van der Waals surface area (Å²) in [4.78, 5) is 11.9. The van der Waals surface area contributed by atoms with Gasteiger partial charge in [0, 0.05) is 12.0 Å². The van der Waals surface area contributed by atoms with Crippen molar-refractivity contribution in [1.82, 2.24) is 5.32 Å². The Morgan fingerprint density at radius 2 is 1.77 bits per heavy atom. The first-order valence-corrected chi connectivity index (χ1v) is 7.91. The molecule has 26 heavy (non-hydrogen) atoms. The summed E-state index contributed by atoms with van der Waals surface area (Å²) in [5.41, 5.74) is -1.05. The van der Waals surface area contributed by atoms with Crippen molar-refractivity contribution in [3.63, 3.8) is 0 Å². The molecule has 0 unspecified atom stereocenters. The minimum atomic E-state index is -4.48. The van der Waals surface area contributed by atoms with E-state index in [4.69, 9.17) is 4.74 Å². The fraction of sp³-hybridized carbons (Fsp3) is 0.316. The van der Waals surface area contributed by atoms with E-state index in [2.05, 4.69) is 5.32 Å². The van der Waals surface area contributed by atoms with Gasteiger partial charge in [-0.2, -0.15) is 13.2 Å². The van der Waals surface area contributed by atoms with E-state index in [1.165, 1.54) is 18.2 Å². The van der Waals surface area contributed by atoms with Crippen LogP contribution in [0.25, 0.3) is 0 Å². The molecule has 1 N–H and O–H groups in total. The molecule has 0 atom stereocenters. The van der Waals surface area contributed by atoms with Crippen LogP contribution in [0.1, 0.15) is 25.0 Å². The molecule has 0 radical (unpaired) electrons. The number of rotatable bonds is 6. The number of alkyl halides is 3. The highest BCUT2D eigenvalue weighted by atomic mass is 19.4. The zero-order valence-corrected chi connectivity index (χ0v) is 14.4. The maximum absolute atomic E-state index is 13.9. The lowest BCUT2D eigenvalue weighted by atomic mass is 9.84. The van der Waals surface area contributed by atoms with Crippen LogP contribution in [-0.2, 0) is 16.4 Å². The summed E-state index contributed by atoms with van der Waals surface area (Å²) in [6.07, 6.45) is -4.48. The lowest BCUT2D eigenvalue weighted by Crippen LogP contribution is -2.39. The average molecular weight is 369 g/mol. The van der Waals surface area contributed by atoms with Crippen molar-refractivity contribution in [3.8, 4) is 5.75 Å². The first kappa shape index (κ1) is 19.8. The number of amides is 1. The lowest BCUT2D eigenvalue weighted by Gasteiger charge is -2.26. The number of nitrogens with one attached hydrogen (secondary N) is 1. The summed E-state index contributed by atoms with van der Waals surface area (Å²) in [7, 11) is 0. The standard InChI is InChI=1S/C19H19F4NO2/c1-18(2,15-8-3-4-9-16(15)20)12-24-17(25)11-26-14-7-5-6-13(10-14)19(21,22)23/h3-10H,11-12H2,1-2H3,(H,24,25). The van der Waals surface area contributed by atoms with Crippen LogP contribution in [0.3, 0.4) is 0 Å². The van der Waals surface area contributed by atoms with Gasteiger partial charge in [0.1, 0.15) is 11.6 Å². The molecule has 0 spiro atoms. The summed E-state index contributed by atoms with van der Waals surface area (Å²) in [6, 6.07) is 10.6. The first-order valence-electron chi connectivity index (χ1n) is 7.91. The van der Waals surface area contributed by atoms with Gasteiger partial charge in [-0.05, 0) is 29.8 Å². The van der Waals surface area contributed by atoms with Gasteiger partial charge in [0.2, 0.25) is 0 Å². The van der Waals surface area contributed by atoms with E-state index in [-0.39, 0.29) is 18.1 Å². The van der Waals surface area contributed by atoms with Crippen LogP contribution in [-0.4, -0.2) is 19.1 Å². The van der Waals surface area contributed by atoms with E-state index in [9.17, 15) is 22.4 Å². The molecule has 0 bridgehead atoms. The molecule has 0 saturated carbocycles. The monoisotopic (exact) mass is 369 g/mol. The van der Waals surface area contributed by atoms with E-state index < -0.39 is 29.7 Å². The first-order chi connectivity index (χ1) is 12.1. The van der Waals surface area contributed by atoms with Gasteiger partial charge in [-0.3, -0.25) is 4.79 Å². The van der Waals surface area contributed by atoms with Crippen molar-refractivity contribution >= 4 is 5.91 Å². The van der Waals surface area contributed by atoms with Crippen LogP contribution in [0.15, 0.2) is 48.5 Å². The van der Waals surface area contributed by atoms with Gasteiger partial charge in [-0.15, -0.1) is 0 Å². The second kappa shape index (κ2) is 7.76. The predicted molar refractivity (Wildman–Crippen MR) is 89.4 cm³/mol. The van der Waals surface area contributed by atoms with Crippen LogP contribution in [0, 0.1) is 5.82 Å². The Morgan fingerprint density at radius 1 is 1.08 bits per heavy atom. The van der Waals surface area contributed by atoms with Crippen molar-refractivity contribution in [2.24, 2.45) is 0 Å². The molecule has 3 nitrogen and oxygen atoms in total. The number of carbonyl (C=O) groups is 1. The number of hydrogen-bond acceptors (Lipinski definition) is 2. The third-order valence-corrected chi connectivity index (χ3v) is 3.86. The summed E-state index contributed by atoms with van der Waals surface area (Å²) < 4.78 is 56.9. The number of carbonyl (C=O) groups excluding carboxylic acids is 1. The molecule has 0 aliphatic rings. The largest absolute Gasteiger partial charge is 0.484 e. The average Bonchev–Trinajstić information content (AvgIpc) is 2.58. The number of halogens is 4. The van der Waals surface area contributed by atoms with Gasteiger partial charge in [-0.1, -0.05) is 38.1 Å². The fourth-order valence-electron chi connectivity index (χ4n) is 2.39. The summed E-state index contributed by atoms with van der Waals surface area (Å²) in [5.74, 6) is -0.929. The van der Waals surface area contributed by atoms with Crippen molar-refractivity contribution in [1.29, 1.82) is 0 Å². The number of hydrogen-bond donors (Lipinski definition) is 1. The van der Waals surface area contributed by atoms with Crippen molar-refractivity contribution in [2.75, 3.05) is 13.2 Å². The maximum Gasteiger partial charge on any atom is 0.416 e. The second-order valence-electron chi connectivity index (χ2n) is 6.45. The topological polar surface area (TPSA) is 38.3 Å². The molecule has 0 aromatic heterocycles. The molecule has 0 heterocycles. The van der Waals surface area contributed by atoms with Gasteiger partial charge >= 0.3 is 6.18 Å². The molecular formula is C19H19F4NO2. The van der Waals surface area contributed by atoms with Gasteiger partial charge in [-0.25, -0.2) is 4.39 Å². The van der Waals surface area contributed by atoms with Crippen LogP contribution < -0.4 is 10.1 Å². The quantitative estimate of drug-likeness (QED) is 0.771. The van der Waals surface area contributed by atoms with E-state index in [1.807, 2.05) is 0 Å². The molecule has 2 rings (SSSR count). The van der Waals surface area contributed by atoms with E-state index in [0.29, 0.717) is 5.56 Å². The minimum absolute atomic E-state index is 0.0525. The highest BCUT2D eigenvalue weighted by Crippen LogP contribution is 2.31. The molecule has 0 fully saturated rings. The Bertz CT molecular complexity index is 772. The van der Waals surface area contributed by atoms with Crippen molar-refractivity contribution in [2.45, 2.75) is 25.4 Å². The number of ether oxygens (including phenoxy) is 1. The lowest BCUT2D eigenvalue weighted by molar-refractivity contribution is -0.137.